The van der Waals surface area contributed by atoms with Gasteiger partial charge in [0.1, 0.15) is 0 Å². The van der Waals surface area contributed by atoms with E-state index in [1.54, 1.807) is 0 Å². The zero-order valence-electron chi connectivity index (χ0n) is 12.9. The van der Waals surface area contributed by atoms with E-state index >= 15 is 0 Å². The van der Waals surface area contributed by atoms with Crippen molar-refractivity contribution in [3.63, 3.8) is 0 Å². The van der Waals surface area contributed by atoms with Crippen molar-refractivity contribution in [1.29, 1.82) is 0 Å². The first-order valence-electron chi connectivity index (χ1n) is 6.90. The van der Waals surface area contributed by atoms with Crippen LogP contribution in [0.3, 0.4) is 0 Å². The van der Waals surface area contributed by atoms with Crippen LogP contribution in [0.25, 0.3) is 0 Å². The average molecular weight is 466 g/mol. The minimum Gasteiger partial charge on any atom is 1.00 e. The van der Waals surface area contributed by atoms with Gasteiger partial charge < -0.3 is 4.55 Å². The molecule has 0 amide bonds. The number of hydrogen-bond acceptors (Lipinski definition) is 4. The van der Waals surface area contributed by atoms with Gasteiger partial charge in [0.05, 0.1) is 6.61 Å². The summed E-state index contributed by atoms with van der Waals surface area (Å²) in [5.74, 6) is 0. The molecule has 0 unspecified atom stereocenters. The van der Waals surface area contributed by atoms with Crippen LogP contribution >= 0.6 is 19.1 Å². The monoisotopic (exact) mass is 464 g/mol. The average Bonchev–Trinajstić information content (AvgIpc) is 2.35. The third kappa shape index (κ3) is 34.5. The molecule has 0 saturated heterocycles. The van der Waals surface area contributed by atoms with Gasteiger partial charge in [0.2, 0.25) is 10.4 Å². The molecule has 0 fully saturated rings. The van der Waals surface area contributed by atoms with Crippen LogP contribution in [0.15, 0.2) is 0 Å². The Balaban J connectivity index is -0.000000740. The molecule has 0 atom stereocenters. The minimum absolute atomic E-state index is 0. The quantitative estimate of drug-likeness (QED) is 0.191. The molecule has 0 aromatic carbocycles. The van der Waals surface area contributed by atoms with Gasteiger partial charge in [-0.25, -0.2) is 8.42 Å². The van der Waals surface area contributed by atoms with E-state index in [0.717, 1.165) is 12.8 Å². The van der Waals surface area contributed by atoms with E-state index in [1.807, 2.05) is 0 Å². The summed E-state index contributed by atoms with van der Waals surface area (Å²) in [6.45, 7) is 2.24. The van der Waals surface area contributed by atoms with Crippen LogP contribution in [0, 0.1) is 0 Å². The molecule has 128 valence electrons. The van der Waals surface area contributed by atoms with Crippen molar-refractivity contribution in [2.24, 2.45) is 0 Å². The summed E-state index contributed by atoms with van der Waals surface area (Å²) in [4.78, 5) is 0. The molecule has 0 aromatic heterocycles. The summed E-state index contributed by atoms with van der Waals surface area (Å²) in [5, 5.41) is 0. The number of hydrogen-bond donors (Lipinski definition) is 0. The summed E-state index contributed by atoms with van der Waals surface area (Å²) >= 11 is -0.106. The van der Waals surface area contributed by atoms with Crippen LogP contribution in [0.2, 0.25) is 0 Å². The summed E-state index contributed by atoms with van der Waals surface area (Å²) in [6, 6.07) is 0. The van der Waals surface area contributed by atoms with E-state index < -0.39 is 10.4 Å². The van der Waals surface area contributed by atoms with Crippen LogP contribution in [0.1, 0.15) is 71.1 Å². The summed E-state index contributed by atoms with van der Waals surface area (Å²) in [6.07, 6.45) is 11.7. The maximum Gasteiger partial charge on any atom is 1.00 e. The molecule has 21 heavy (non-hydrogen) atoms. The maximum atomic E-state index is 10.1. The van der Waals surface area contributed by atoms with Crippen LogP contribution in [0.4, 0.5) is 0 Å². The summed E-state index contributed by atoms with van der Waals surface area (Å²) < 4.78 is 34.5. The Morgan fingerprint density at radius 2 is 1.24 bits per heavy atom. The third-order valence-electron chi connectivity index (χ3n) is 2.73. The van der Waals surface area contributed by atoms with Gasteiger partial charge in [-0.2, -0.15) is 0 Å². The Morgan fingerprint density at radius 1 is 0.905 bits per heavy atom. The first-order valence-corrected chi connectivity index (χ1v) is 12.2. The van der Waals surface area contributed by atoms with Gasteiger partial charge in [-0.3, -0.25) is 4.18 Å². The molecule has 0 bridgehead atoms. The summed E-state index contributed by atoms with van der Waals surface area (Å²) in [7, 11) is 5.14. The van der Waals surface area contributed by atoms with Crippen molar-refractivity contribution < 1.29 is 62.7 Å². The Labute approximate surface area is 168 Å². The fourth-order valence-corrected chi connectivity index (χ4v) is 2.07. The Bertz CT molecular complexity index is 282. The van der Waals surface area contributed by atoms with Gasteiger partial charge in [-0.15, -0.1) is 0 Å². The largest absolute Gasteiger partial charge is 1.00 e. The second-order valence-corrected chi connectivity index (χ2v) is 7.87. The van der Waals surface area contributed by atoms with E-state index in [9.17, 15) is 13.0 Å². The van der Waals surface area contributed by atoms with E-state index in [1.165, 1.54) is 44.9 Å². The van der Waals surface area contributed by atoms with Crippen molar-refractivity contribution >= 4 is 29.5 Å². The Morgan fingerprint density at radius 3 is 1.57 bits per heavy atom. The second kappa shape index (κ2) is 22.1. The molecule has 0 aromatic rings. The topological polar surface area (TPSA) is 66.4 Å². The van der Waals surface area contributed by atoms with Gasteiger partial charge in [0.15, 0.2) is 0 Å². The first kappa shape index (κ1) is 27.9. The van der Waals surface area contributed by atoms with Crippen molar-refractivity contribution in [2.75, 3.05) is 6.61 Å². The Kier molecular flexibility index (Phi) is 29.4. The van der Waals surface area contributed by atoms with Gasteiger partial charge in [-0.05, 0) is 6.42 Å². The maximum absolute atomic E-state index is 10.1. The van der Waals surface area contributed by atoms with Crippen molar-refractivity contribution in [3.8, 4) is 0 Å². The van der Waals surface area contributed by atoms with Crippen molar-refractivity contribution in [1.82, 2.24) is 0 Å². The molecular weight excluding hydrogens is 441 g/mol. The fourth-order valence-electron chi connectivity index (χ4n) is 1.75. The van der Waals surface area contributed by atoms with Gasteiger partial charge >= 0.3 is 64.6 Å². The Hall–Kier alpha value is 2.11. The standard InChI is InChI=1S/C12H26O4S.2ClH.Na.Pd/c1-2-3-4-5-6-7-8-9-10-11-12-16-17(13,14)15;;;;/h2-12H2,1H3,(H,13,14,15);2*1H;;/q;;;+1;+2/p-3. The predicted molar refractivity (Wildman–Crippen MR) is 79.2 cm³/mol. The number of unbranched alkanes of at least 4 members (excludes halogenated alkanes) is 9. The van der Waals surface area contributed by atoms with E-state index in [2.05, 4.69) is 11.1 Å². The zero-order chi connectivity index (χ0) is 15.7. The van der Waals surface area contributed by atoms with Crippen LogP contribution < -0.4 is 29.6 Å². The number of rotatable bonds is 12. The van der Waals surface area contributed by atoms with Gasteiger partial charge in [0, 0.05) is 0 Å². The van der Waals surface area contributed by atoms with E-state index in [0.29, 0.717) is 6.42 Å². The van der Waals surface area contributed by atoms with Gasteiger partial charge in [-0.1, -0.05) is 64.7 Å². The van der Waals surface area contributed by atoms with E-state index in [4.69, 9.17) is 19.1 Å². The molecule has 0 N–H and O–H groups in total. The van der Waals surface area contributed by atoms with Gasteiger partial charge in [0.25, 0.3) is 0 Å². The second-order valence-electron chi connectivity index (χ2n) is 4.46. The molecule has 0 saturated carbocycles. The molecule has 0 radical (unpaired) electrons. The van der Waals surface area contributed by atoms with Crippen molar-refractivity contribution in [3.05, 3.63) is 0 Å². The molecular formula is C12H25Cl2NaO4PdS. The molecule has 0 heterocycles. The SMILES string of the molecule is CCCCCCCCCCCCOS(=O)(=O)[O-].[Cl][Pd][Cl].[Na+]. The fraction of sp³-hybridized carbons (Fsp3) is 1.00. The molecule has 0 rings (SSSR count). The zero-order valence-corrected chi connectivity index (χ0v) is 18.8. The van der Waals surface area contributed by atoms with Crippen LogP contribution in [0.5, 0.6) is 0 Å². The summed E-state index contributed by atoms with van der Waals surface area (Å²) in [5.41, 5.74) is 0. The normalized spacial score (nSPS) is 10.7. The van der Waals surface area contributed by atoms with Crippen LogP contribution in [-0.4, -0.2) is 19.6 Å². The predicted octanol–water partition coefficient (Wildman–Crippen LogP) is 1.76. The number of halogens is 2. The molecule has 9 heteroatoms. The van der Waals surface area contributed by atoms with Crippen LogP contribution in [-0.2, 0) is 30.5 Å². The van der Waals surface area contributed by atoms with E-state index in [-0.39, 0.29) is 52.1 Å². The smallest absolute Gasteiger partial charge is 1.00 e. The molecule has 0 aliphatic heterocycles. The first-order chi connectivity index (χ1) is 9.47. The molecule has 4 nitrogen and oxygen atoms in total. The molecule has 0 spiro atoms. The minimum atomic E-state index is -4.48. The molecule has 0 aliphatic carbocycles. The molecule has 0 aliphatic rings. The third-order valence-corrected chi connectivity index (χ3v) is 3.18. The van der Waals surface area contributed by atoms with Crippen molar-refractivity contribution in [2.45, 2.75) is 71.1 Å².